The fraction of sp³-hybridized carbons (Fsp3) is 0.425. The molecule has 378 valence electrons. The summed E-state index contributed by atoms with van der Waals surface area (Å²) in [5.41, 5.74) is 11.7. The average Bonchev–Trinajstić information content (AvgIpc) is 3.24. The number of carboxylic acid groups (broad SMARTS) is 3. The van der Waals surface area contributed by atoms with Crippen LogP contribution < -0.4 is 53.2 Å². The molecule has 17 N–H and O–H groups in total. The molecule has 6 atom stereocenters. The third-order valence-corrected chi connectivity index (χ3v) is 9.85. The summed E-state index contributed by atoms with van der Waals surface area (Å²) < 4.78 is 15.8. The number of hydrogen-bond acceptors (Lipinski definition) is 15. The maximum Gasteiger partial charge on any atom is 0.524 e. The lowest BCUT2D eigenvalue weighted by molar-refractivity contribution is -0.147. The van der Waals surface area contributed by atoms with Gasteiger partial charge in [0.05, 0.1) is 32.0 Å². The molecule has 0 aliphatic heterocycles. The Bertz CT molecular complexity index is 2260. The zero-order valence-electron chi connectivity index (χ0n) is 36.9. The first-order valence-electron chi connectivity index (χ1n) is 20.5. The van der Waals surface area contributed by atoms with Gasteiger partial charge in [-0.05, 0) is 47.7 Å². The minimum atomic E-state index is -4.97. The van der Waals surface area contributed by atoms with Crippen LogP contribution in [0.1, 0.15) is 50.7 Å². The molecule has 0 heterocycles. The molecule has 2 aromatic carbocycles. The summed E-state index contributed by atoms with van der Waals surface area (Å²) >= 11 is 0. The normalized spacial score (nSPS) is 13.7. The molecule has 0 radical (unpaired) electrons. The fourth-order valence-electron chi connectivity index (χ4n) is 5.94. The number of nitrogens with one attached hydrogen (secondary N) is 7. The highest BCUT2D eigenvalue weighted by atomic mass is 31.2. The minimum Gasteiger partial charge on any atom is -0.508 e. The molecule has 0 bridgehead atoms. The van der Waals surface area contributed by atoms with E-state index in [0.717, 1.165) is 12.1 Å². The van der Waals surface area contributed by atoms with Crippen LogP contribution in [0.25, 0.3) is 0 Å². The van der Waals surface area contributed by atoms with E-state index in [-0.39, 0.29) is 29.9 Å². The Morgan fingerprint density at radius 3 is 1.57 bits per heavy atom. The highest BCUT2D eigenvalue weighted by Gasteiger charge is 2.34. The maximum atomic E-state index is 13.9. The molecule has 0 fully saturated rings. The van der Waals surface area contributed by atoms with E-state index in [4.69, 9.17) is 31.5 Å². The van der Waals surface area contributed by atoms with E-state index in [1.54, 1.807) is 0 Å². The van der Waals surface area contributed by atoms with Crippen LogP contribution >= 0.6 is 7.82 Å². The number of phenols is 1. The summed E-state index contributed by atoms with van der Waals surface area (Å²) in [5.74, 6) is -14.1. The Hall–Kier alpha value is -7.68. The van der Waals surface area contributed by atoms with Gasteiger partial charge in [-0.25, -0.2) is 9.36 Å². The van der Waals surface area contributed by atoms with Crippen molar-refractivity contribution < 1.29 is 92.0 Å². The first-order valence-corrected chi connectivity index (χ1v) is 22.0. The van der Waals surface area contributed by atoms with E-state index in [1.807, 2.05) is 5.32 Å². The van der Waals surface area contributed by atoms with Crippen LogP contribution in [0.5, 0.6) is 11.5 Å². The van der Waals surface area contributed by atoms with Crippen LogP contribution in [0.2, 0.25) is 0 Å². The van der Waals surface area contributed by atoms with Gasteiger partial charge >= 0.3 is 25.7 Å². The molecule has 29 heteroatoms. The van der Waals surface area contributed by atoms with Gasteiger partial charge in [-0.2, -0.15) is 0 Å². The third kappa shape index (κ3) is 22.1. The molecule has 69 heavy (non-hydrogen) atoms. The molecule has 2 aromatic rings. The lowest BCUT2D eigenvalue weighted by atomic mass is 10.00. The monoisotopic (exact) mass is 995 g/mol. The van der Waals surface area contributed by atoms with Crippen molar-refractivity contribution >= 4 is 73.0 Å². The third-order valence-electron chi connectivity index (χ3n) is 9.40. The Balaban J connectivity index is 2.37. The number of phosphoric acid groups is 1. The number of aliphatic carboxylic acids is 3. The van der Waals surface area contributed by atoms with Gasteiger partial charge in [-0.3, -0.25) is 57.7 Å². The van der Waals surface area contributed by atoms with Crippen molar-refractivity contribution in [1.82, 2.24) is 37.2 Å². The molecular weight excluding hydrogens is 941 g/mol. The smallest absolute Gasteiger partial charge is 0.508 e. The molecule has 0 unspecified atom stereocenters. The number of hydrogen-bond donors (Lipinski definition) is 15. The number of aromatic hydroxyl groups is 1. The number of nitrogens with two attached hydrogens (primary N) is 2. The largest absolute Gasteiger partial charge is 0.524 e. The first kappa shape index (κ1) is 57.4. The highest BCUT2D eigenvalue weighted by Crippen LogP contribution is 2.37. The molecule has 2 rings (SSSR count). The van der Waals surface area contributed by atoms with Crippen LogP contribution in [0, 0.1) is 5.92 Å². The molecule has 0 aliphatic rings. The van der Waals surface area contributed by atoms with Gasteiger partial charge < -0.3 is 73.6 Å². The van der Waals surface area contributed by atoms with Crippen molar-refractivity contribution in [3.63, 3.8) is 0 Å². The quantitative estimate of drug-likeness (QED) is 0.0342. The molecule has 8 amide bonds. The van der Waals surface area contributed by atoms with Gasteiger partial charge in [0.25, 0.3) is 0 Å². The van der Waals surface area contributed by atoms with Crippen LogP contribution in [-0.2, 0) is 70.1 Å². The molecule has 28 nitrogen and oxygen atoms in total. The van der Waals surface area contributed by atoms with E-state index in [2.05, 4.69) is 36.4 Å². The topological polar surface area (TPSA) is 472 Å². The average molecular weight is 996 g/mol. The van der Waals surface area contributed by atoms with Gasteiger partial charge in [0.1, 0.15) is 41.7 Å². The zero-order chi connectivity index (χ0) is 52.2. The summed E-state index contributed by atoms with van der Waals surface area (Å²) in [6.07, 6.45) is -3.25. The van der Waals surface area contributed by atoms with Gasteiger partial charge in [-0.1, -0.05) is 38.1 Å². The Morgan fingerprint density at radius 1 is 0.609 bits per heavy atom. The van der Waals surface area contributed by atoms with Gasteiger partial charge in [0.15, 0.2) is 0 Å². The van der Waals surface area contributed by atoms with Gasteiger partial charge in [-0.15, -0.1) is 0 Å². The maximum absolute atomic E-state index is 13.9. The van der Waals surface area contributed by atoms with Crippen LogP contribution in [0.15, 0.2) is 48.5 Å². The fourth-order valence-corrected chi connectivity index (χ4v) is 6.34. The molecule has 0 aliphatic carbocycles. The number of phenolic OH excluding ortho intramolecular Hbond substituents is 1. The standard InChI is InChI=1S/C40H54N9O19P/c1-19(2)34(39(62)48-25(13-21-5-9-23(10-6-21)68-69(65,66)67)36(59)44-18-31(53)46-28(40(63)64)16-33(56)57)49-38(61)27(15-29(42)51)47-37(60)26(14-20-3-7-22(50)8-4-20)45-30(52)17-43-35(58)24(41)11-12-32(54)55/h3-10,19,24-28,34,50H,11-18,41H2,1-2H3,(H2,42,51)(H,43,58)(H,44,59)(H,45,52)(H,46,53)(H,47,60)(H,48,62)(H,49,61)(H,54,55)(H,56,57)(H,63,64)(H2,65,66,67)/t24-,25-,26-,27-,28-,34-/m0/s1. The van der Waals surface area contributed by atoms with Crippen molar-refractivity contribution in [1.29, 1.82) is 0 Å². The second kappa shape index (κ2) is 27.2. The van der Waals surface area contributed by atoms with Gasteiger partial charge in [0, 0.05) is 19.3 Å². The number of carboxylic acids is 3. The number of carbonyl (C=O) groups is 11. The van der Waals surface area contributed by atoms with Crippen molar-refractivity contribution in [2.45, 2.75) is 88.6 Å². The van der Waals surface area contributed by atoms with Crippen molar-refractivity contribution in [2.75, 3.05) is 13.1 Å². The van der Waals surface area contributed by atoms with Crippen LogP contribution in [0.4, 0.5) is 0 Å². The zero-order valence-corrected chi connectivity index (χ0v) is 37.8. The lowest BCUT2D eigenvalue weighted by Gasteiger charge is -2.28. The first-order chi connectivity index (χ1) is 32.1. The number of benzene rings is 2. The van der Waals surface area contributed by atoms with Crippen LogP contribution in [-0.4, -0.2) is 145 Å². The van der Waals surface area contributed by atoms with Crippen molar-refractivity contribution in [2.24, 2.45) is 17.4 Å². The van der Waals surface area contributed by atoms with E-state index >= 15 is 0 Å². The van der Waals surface area contributed by atoms with Crippen LogP contribution in [0.3, 0.4) is 0 Å². The second-order valence-corrected chi connectivity index (χ2v) is 16.6. The predicted octanol–water partition coefficient (Wildman–Crippen LogP) is -4.41. The summed E-state index contributed by atoms with van der Waals surface area (Å²) in [6.45, 7) is 1.26. The Labute approximate surface area is 391 Å². The van der Waals surface area contributed by atoms with Crippen molar-refractivity contribution in [3.05, 3.63) is 59.7 Å². The summed E-state index contributed by atoms with van der Waals surface area (Å²) in [4.78, 5) is 157. The molecule has 0 saturated carbocycles. The SMILES string of the molecule is CC(C)[C@H](NC(=O)[C@H](CC(N)=O)NC(=O)[C@H](Cc1ccc(O)cc1)NC(=O)CNC(=O)[C@@H](N)CCC(=O)O)C(=O)N[C@@H](Cc1ccc(OP(=O)(O)O)cc1)C(=O)NCC(=O)N[C@@H](CC(=O)O)C(=O)O. The number of rotatable bonds is 29. The number of phosphoric ester groups is 1. The summed E-state index contributed by atoms with van der Waals surface area (Å²) in [7, 11) is -4.97. The summed E-state index contributed by atoms with van der Waals surface area (Å²) in [6, 6.07) is 0.421. The molecule has 0 aromatic heterocycles. The second-order valence-electron chi connectivity index (χ2n) is 15.5. The predicted molar refractivity (Wildman–Crippen MR) is 234 cm³/mol. The Morgan fingerprint density at radius 2 is 1.09 bits per heavy atom. The van der Waals surface area contributed by atoms with E-state index < -0.39 is 154 Å². The van der Waals surface area contributed by atoms with E-state index in [1.165, 1.54) is 50.2 Å². The van der Waals surface area contributed by atoms with Gasteiger partial charge in [0.2, 0.25) is 47.3 Å². The van der Waals surface area contributed by atoms with Crippen molar-refractivity contribution in [3.8, 4) is 11.5 Å². The molecular formula is C40H54N9O19P. The molecule has 0 spiro atoms. The summed E-state index contributed by atoms with van der Waals surface area (Å²) in [5, 5.41) is 52.6. The Kier molecular flexibility index (Phi) is 22.7. The number of amides is 8. The minimum absolute atomic E-state index is 0.141. The number of primary amides is 1. The highest BCUT2D eigenvalue weighted by molar-refractivity contribution is 7.46. The van der Waals surface area contributed by atoms with E-state index in [0.29, 0.717) is 5.56 Å². The van der Waals surface area contributed by atoms with E-state index in [9.17, 15) is 67.5 Å². The lowest BCUT2D eigenvalue weighted by Crippen LogP contribution is -2.60. The number of carbonyl (C=O) groups excluding carboxylic acids is 8. The molecule has 0 saturated heterocycles.